The Labute approximate surface area is 295 Å². The number of aromatic nitrogens is 5. The predicted molar refractivity (Wildman–Crippen MR) is 191 cm³/mol. The van der Waals surface area contributed by atoms with Crippen LogP contribution in [0.2, 0.25) is 5.15 Å². The molecule has 258 valence electrons. The summed E-state index contributed by atoms with van der Waals surface area (Å²) >= 11 is 6.08. The number of imidazole rings is 1. The van der Waals surface area contributed by atoms with Gasteiger partial charge in [-0.15, -0.1) is 0 Å². The molecule has 12 heteroatoms. The number of rotatable bonds is 8. The van der Waals surface area contributed by atoms with Gasteiger partial charge >= 0.3 is 0 Å². The zero-order chi connectivity index (χ0) is 34.1. The van der Waals surface area contributed by atoms with E-state index in [1.807, 2.05) is 34.2 Å². The molecule has 6 heterocycles. The van der Waals surface area contributed by atoms with Crippen molar-refractivity contribution < 1.29 is 14.3 Å². The highest BCUT2D eigenvalue weighted by Gasteiger charge is 2.47. The third-order valence-corrected chi connectivity index (χ3v) is 11.7. The van der Waals surface area contributed by atoms with Crippen molar-refractivity contribution in [1.29, 1.82) is 0 Å². The van der Waals surface area contributed by atoms with Crippen LogP contribution in [-0.4, -0.2) is 84.5 Å². The Morgan fingerprint density at radius 2 is 1.70 bits per heavy atom. The Kier molecular flexibility index (Phi) is 7.80. The smallest absolute Gasteiger partial charge is 0.254 e. The fourth-order valence-electron chi connectivity index (χ4n) is 8.64. The van der Waals surface area contributed by atoms with Crippen LogP contribution in [0.1, 0.15) is 59.2 Å². The lowest BCUT2D eigenvalue weighted by atomic mass is 9.96. The molecule has 2 unspecified atom stereocenters. The second kappa shape index (κ2) is 12.4. The molecule has 2 aliphatic carbocycles. The van der Waals surface area contributed by atoms with Crippen LogP contribution < -0.4 is 10.5 Å². The third kappa shape index (κ3) is 5.42. The number of amides is 2. The highest BCUT2D eigenvalue weighted by Crippen LogP contribution is 2.41. The minimum absolute atomic E-state index is 0.0106. The number of piperidine rings is 2. The summed E-state index contributed by atoms with van der Waals surface area (Å²) in [6.07, 6.45) is 9.57. The summed E-state index contributed by atoms with van der Waals surface area (Å²) < 4.78 is 10.7. The van der Waals surface area contributed by atoms with Gasteiger partial charge in [0.15, 0.2) is 5.82 Å². The maximum atomic E-state index is 14.0. The Balaban J connectivity index is 1.10. The molecule has 2 saturated carbocycles. The van der Waals surface area contributed by atoms with Gasteiger partial charge in [0.05, 0.1) is 18.3 Å². The molecule has 0 radical (unpaired) electrons. The second-order valence-electron chi connectivity index (χ2n) is 14.6. The molecule has 4 aromatic heterocycles. The van der Waals surface area contributed by atoms with E-state index in [4.69, 9.17) is 32.0 Å². The number of carbonyl (C=O) groups is 2. The first-order valence-corrected chi connectivity index (χ1v) is 18.2. The molecule has 1 aromatic carbocycles. The number of methoxy groups -OCH3 is 1. The first-order valence-electron chi connectivity index (χ1n) is 17.9. The first-order chi connectivity index (χ1) is 24.4. The molecular formula is C38H41ClN8O3. The lowest BCUT2D eigenvalue weighted by Crippen LogP contribution is -2.41. The number of hydrogen-bond acceptors (Lipinski definition) is 7. The van der Waals surface area contributed by atoms with E-state index in [2.05, 4.69) is 26.3 Å². The number of carbonyl (C=O) groups excluding carboxylic acids is 2. The van der Waals surface area contributed by atoms with E-state index >= 15 is 0 Å². The van der Waals surface area contributed by atoms with Gasteiger partial charge in [-0.1, -0.05) is 11.6 Å². The average Bonchev–Trinajstić information content (AvgIpc) is 3.50. The molecule has 2 N–H and O–H groups in total. The average molecular weight is 693 g/mol. The van der Waals surface area contributed by atoms with E-state index in [-0.39, 0.29) is 23.9 Å². The van der Waals surface area contributed by atoms with Crippen LogP contribution in [0.25, 0.3) is 33.6 Å². The van der Waals surface area contributed by atoms with Gasteiger partial charge in [-0.3, -0.25) is 9.59 Å². The van der Waals surface area contributed by atoms with Gasteiger partial charge in [0.25, 0.3) is 11.8 Å². The molecule has 50 heavy (non-hydrogen) atoms. The van der Waals surface area contributed by atoms with Crippen LogP contribution >= 0.6 is 11.6 Å². The maximum absolute atomic E-state index is 14.0. The van der Waals surface area contributed by atoms with E-state index in [0.717, 1.165) is 65.8 Å². The van der Waals surface area contributed by atoms with Crippen LogP contribution in [0, 0.1) is 17.8 Å². The fraction of sp³-hybridized carbons (Fsp3) is 0.447. The van der Waals surface area contributed by atoms with Crippen molar-refractivity contribution in [2.45, 2.75) is 63.7 Å². The Morgan fingerprint density at radius 1 is 0.900 bits per heavy atom. The molecule has 4 aliphatic rings. The summed E-state index contributed by atoms with van der Waals surface area (Å²) in [5.74, 6) is 2.72. The van der Waals surface area contributed by atoms with Gasteiger partial charge in [-0.05, 0) is 98.7 Å². The molecule has 2 aliphatic heterocycles. The summed E-state index contributed by atoms with van der Waals surface area (Å²) in [7, 11) is 1.66. The van der Waals surface area contributed by atoms with Gasteiger partial charge < -0.3 is 29.4 Å². The highest BCUT2D eigenvalue weighted by molar-refractivity contribution is 6.29. The number of nitrogens with zero attached hydrogens (tertiary/aromatic N) is 7. The monoisotopic (exact) mass is 692 g/mol. The number of benzene rings is 1. The van der Waals surface area contributed by atoms with Gasteiger partial charge in [-0.2, -0.15) is 0 Å². The van der Waals surface area contributed by atoms with Crippen molar-refractivity contribution in [3.63, 3.8) is 0 Å². The van der Waals surface area contributed by atoms with Crippen molar-refractivity contribution in [3.05, 3.63) is 71.1 Å². The number of nitrogens with two attached hydrogens (primary N) is 1. The Morgan fingerprint density at radius 3 is 2.42 bits per heavy atom. The van der Waals surface area contributed by atoms with Crippen molar-refractivity contribution in [2.24, 2.45) is 23.5 Å². The zero-order valence-corrected chi connectivity index (χ0v) is 28.9. The molecule has 5 aromatic rings. The van der Waals surface area contributed by atoms with Gasteiger partial charge in [0, 0.05) is 73.7 Å². The van der Waals surface area contributed by atoms with Crippen molar-refractivity contribution >= 4 is 45.5 Å². The lowest BCUT2D eigenvalue weighted by Gasteiger charge is -2.32. The van der Waals surface area contributed by atoms with Gasteiger partial charge in [-0.25, -0.2) is 15.0 Å². The Hall–Kier alpha value is -4.48. The summed E-state index contributed by atoms with van der Waals surface area (Å²) in [5.41, 5.74) is 11.2. The van der Waals surface area contributed by atoms with Crippen LogP contribution in [0.5, 0.6) is 5.75 Å². The molecule has 3 atom stereocenters. The molecule has 0 spiro atoms. The minimum Gasteiger partial charge on any atom is -0.494 e. The molecular weight excluding hydrogens is 652 g/mol. The molecule has 2 amide bonds. The van der Waals surface area contributed by atoms with Crippen LogP contribution in [0.15, 0.2) is 54.9 Å². The molecule has 9 rings (SSSR count). The first kappa shape index (κ1) is 31.5. The fourth-order valence-corrected chi connectivity index (χ4v) is 8.81. The van der Waals surface area contributed by atoms with E-state index in [1.165, 1.54) is 12.8 Å². The van der Waals surface area contributed by atoms with E-state index < -0.39 is 0 Å². The third-order valence-electron chi connectivity index (χ3n) is 11.5. The van der Waals surface area contributed by atoms with Crippen molar-refractivity contribution in [3.8, 4) is 17.3 Å². The van der Waals surface area contributed by atoms with E-state index in [0.29, 0.717) is 66.0 Å². The summed E-state index contributed by atoms with van der Waals surface area (Å²) in [5, 5.41) is 1.39. The quantitative estimate of drug-likeness (QED) is 0.209. The number of likely N-dealkylation sites (tertiary alicyclic amines) is 2. The number of ether oxygens (including phenoxy) is 1. The number of hydrogen-bond donors (Lipinski definition) is 1. The highest BCUT2D eigenvalue weighted by atomic mass is 35.5. The summed E-state index contributed by atoms with van der Waals surface area (Å²) in [6.45, 7) is 3.58. The topological polar surface area (TPSA) is 124 Å². The standard InChI is InChI=1S/C38H41ClN8O3/c1-50-31-17-27(38(49)46-21-26-6-7-29(46)33(26)40)15-28-34(31)47(20-23-9-13-44(14-10-23)37(48)25-8-12-41-32(39)18-25)36(43-28)30-16-24-3-2-11-42-35(24)45(30)19-22-4-5-22/h2-3,8,11-12,15-18,22-23,26,29,33H,4-7,9-10,13-14,19-21,40H2,1H3/t26?,29?,33-/m1/s1. The van der Waals surface area contributed by atoms with Gasteiger partial charge in [0.1, 0.15) is 22.1 Å². The van der Waals surface area contributed by atoms with Crippen molar-refractivity contribution in [2.75, 3.05) is 26.7 Å². The number of halogens is 1. The second-order valence-corrected chi connectivity index (χ2v) is 15.0. The van der Waals surface area contributed by atoms with Crippen LogP contribution in [-0.2, 0) is 13.1 Å². The molecule has 2 bridgehead atoms. The maximum Gasteiger partial charge on any atom is 0.254 e. The largest absolute Gasteiger partial charge is 0.494 e. The van der Waals surface area contributed by atoms with Gasteiger partial charge in [0.2, 0.25) is 0 Å². The van der Waals surface area contributed by atoms with Crippen molar-refractivity contribution in [1.82, 2.24) is 33.9 Å². The van der Waals surface area contributed by atoms with Crippen LogP contribution in [0.3, 0.4) is 0 Å². The number of pyridine rings is 2. The Bertz CT molecular complexity index is 2130. The normalized spacial score (nSPS) is 22.3. The predicted octanol–water partition coefficient (Wildman–Crippen LogP) is 5.63. The van der Waals surface area contributed by atoms with E-state index in [9.17, 15) is 9.59 Å². The molecule has 4 fully saturated rings. The SMILES string of the molecule is COc1cc(C(=O)N2CC3CCC2[C@@H]3N)cc2nc(-c3cc4cccnc4n3CC3CC3)n(CC3CCN(C(=O)c4ccnc(Cl)c4)CC3)c12. The summed E-state index contributed by atoms with van der Waals surface area (Å²) in [4.78, 5) is 45.3. The number of fused-ring (bicyclic) bond motifs is 4. The van der Waals surface area contributed by atoms with E-state index in [1.54, 1.807) is 25.4 Å². The van der Waals surface area contributed by atoms with Crippen LogP contribution in [0.4, 0.5) is 0 Å². The molecule has 2 saturated heterocycles. The zero-order valence-electron chi connectivity index (χ0n) is 28.2. The lowest BCUT2D eigenvalue weighted by molar-refractivity contribution is 0.0680. The summed E-state index contributed by atoms with van der Waals surface area (Å²) in [6, 6.07) is 13.6. The molecule has 11 nitrogen and oxygen atoms in total. The minimum atomic E-state index is -0.0235.